The molecule has 0 saturated heterocycles. The normalized spacial score (nSPS) is 10.1. The van der Waals surface area contributed by atoms with Crippen molar-refractivity contribution in [2.24, 2.45) is 5.11 Å². The number of hydrogen-bond donors (Lipinski definition) is 0. The molecule has 0 N–H and O–H groups in total. The number of thiazole rings is 1. The summed E-state index contributed by atoms with van der Waals surface area (Å²) < 4.78 is 2.08. The standard InChI is InChI=1S/C8H6N4S2/c1-13-8-10-6-3-2-5(11-12-9)4-7(6)14-8/h2-4H,1H3. The predicted molar refractivity (Wildman–Crippen MR) is 60.2 cm³/mol. The molecule has 14 heavy (non-hydrogen) atoms. The summed E-state index contributed by atoms with van der Waals surface area (Å²) in [6, 6.07) is 5.49. The summed E-state index contributed by atoms with van der Waals surface area (Å²) in [6.45, 7) is 0. The fraction of sp³-hybridized carbons (Fsp3) is 0.125. The maximum Gasteiger partial charge on any atom is 0.150 e. The zero-order valence-electron chi connectivity index (χ0n) is 7.34. The highest BCUT2D eigenvalue weighted by atomic mass is 32.2. The van der Waals surface area contributed by atoms with E-state index < -0.39 is 0 Å². The summed E-state index contributed by atoms with van der Waals surface area (Å²) in [5, 5.41) is 3.54. The van der Waals surface area contributed by atoms with Crippen molar-refractivity contribution in [1.29, 1.82) is 0 Å². The molecule has 2 aromatic rings. The maximum atomic E-state index is 8.29. The molecule has 1 aromatic heterocycles. The Morgan fingerprint density at radius 3 is 3.14 bits per heavy atom. The van der Waals surface area contributed by atoms with E-state index in [1.54, 1.807) is 29.2 Å². The van der Waals surface area contributed by atoms with Gasteiger partial charge in [-0.3, -0.25) is 0 Å². The highest BCUT2D eigenvalue weighted by molar-refractivity contribution is 8.00. The van der Waals surface area contributed by atoms with E-state index >= 15 is 0 Å². The van der Waals surface area contributed by atoms with Crippen LogP contribution in [0.1, 0.15) is 0 Å². The molecular formula is C8H6N4S2. The van der Waals surface area contributed by atoms with Gasteiger partial charge < -0.3 is 0 Å². The first-order valence-electron chi connectivity index (χ1n) is 3.83. The van der Waals surface area contributed by atoms with Crippen molar-refractivity contribution >= 4 is 39.0 Å². The van der Waals surface area contributed by atoms with Crippen LogP contribution in [0.15, 0.2) is 27.7 Å². The molecule has 1 aromatic carbocycles. The second-order valence-corrected chi connectivity index (χ2v) is 4.61. The molecule has 0 unspecified atom stereocenters. The van der Waals surface area contributed by atoms with E-state index in [1.165, 1.54) is 0 Å². The topological polar surface area (TPSA) is 61.7 Å². The van der Waals surface area contributed by atoms with Crippen LogP contribution in [-0.4, -0.2) is 11.2 Å². The third-order valence-corrected chi connectivity index (χ3v) is 3.69. The van der Waals surface area contributed by atoms with Gasteiger partial charge in [0.2, 0.25) is 0 Å². The molecule has 0 atom stereocenters. The van der Waals surface area contributed by atoms with Crippen LogP contribution in [-0.2, 0) is 0 Å². The van der Waals surface area contributed by atoms with Gasteiger partial charge in [0.25, 0.3) is 0 Å². The molecule has 0 aliphatic rings. The lowest BCUT2D eigenvalue weighted by Gasteiger charge is -1.88. The van der Waals surface area contributed by atoms with Gasteiger partial charge in [0.1, 0.15) is 0 Å². The van der Waals surface area contributed by atoms with Gasteiger partial charge in [0.05, 0.1) is 10.2 Å². The molecule has 0 radical (unpaired) electrons. The fourth-order valence-electron chi connectivity index (χ4n) is 1.09. The van der Waals surface area contributed by atoms with Crippen molar-refractivity contribution in [3.63, 3.8) is 0 Å². The van der Waals surface area contributed by atoms with Gasteiger partial charge in [0.15, 0.2) is 4.34 Å². The van der Waals surface area contributed by atoms with Gasteiger partial charge in [0, 0.05) is 10.6 Å². The lowest BCUT2D eigenvalue weighted by atomic mass is 10.3. The predicted octanol–water partition coefficient (Wildman–Crippen LogP) is 3.96. The number of nitrogens with zero attached hydrogens (tertiary/aromatic N) is 4. The molecule has 0 amide bonds. The van der Waals surface area contributed by atoms with Crippen LogP contribution in [0.4, 0.5) is 5.69 Å². The van der Waals surface area contributed by atoms with Crippen molar-refractivity contribution in [2.45, 2.75) is 4.34 Å². The van der Waals surface area contributed by atoms with Crippen molar-refractivity contribution in [3.05, 3.63) is 28.6 Å². The Morgan fingerprint density at radius 2 is 2.43 bits per heavy atom. The molecule has 0 bridgehead atoms. The maximum absolute atomic E-state index is 8.29. The number of hydrogen-bond acceptors (Lipinski definition) is 4. The Morgan fingerprint density at radius 1 is 1.57 bits per heavy atom. The van der Waals surface area contributed by atoms with Crippen LogP contribution in [0.25, 0.3) is 20.7 Å². The first kappa shape index (κ1) is 9.33. The second kappa shape index (κ2) is 3.88. The molecule has 1 heterocycles. The highest BCUT2D eigenvalue weighted by Gasteiger charge is 2.02. The van der Waals surface area contributed by atoms with Crippen LogP contribution in [0.2, 0.25) is 0 Å². The number of azide groups is 1. The lowest BCUT2D eigenvalue weighted by Crippen LogP contribution is -1.67. The number of rotatable bonds is 2. The van der Waals surface area contributed by atoms with Crippen molar-refractivity contribution in [1.82, 2.24) is 4.98 Å². The second-order valence-electron chi connectivity index (χ2n) is 2.53. The summed E-state index contributed by atoms with van der Waals surface area (Å²) in [6.07, 6.45) is 1.99. The highest BCUT2D eigenvalue weighted by Crippen LogP contribution is 2.30. The van der Waals surface area contributed by atoms with Gasteiger partial charge in [-0.1, -0.05) is 22.9 Å². The van der Waals surface area contributed by atoms with Crippen molar-refractivity contribution < 1.29 is 0 Å². The smallest absolute Gasteiger partial charge is 0.150 e. The third-order valence-electron chi connectivity index (χ3n) is 1.69. The first-order valence-corrected chi connectivity index (χ1v) is 5.87. The summed E-state index contributed by atoms with van der Waals surface area (Å²) in [5.74, 6) is 0. The SMILES string of the molecule is CSc1nc2ccc(N=[N+]=[N-])cc2s1. The Bertz CT molecular complexity index is 513. The van der Waals surface area contributed by atoms with Gasteiger partial charge in [-0.15, -0.1) is 11.3 Å². The lowest BCUT2D eigenvalue weighted by molar-refractivity contribution is 1.31. The van der Waals surface area contributed by atoms with E-state index in [4.69, 9.17) is 5.53 Å². The Balaban J connectivity index is 2.59. The third kappa shape index (κ3) is 1.68. The fourth-order valence-corrected chi connectivity index (χ4v) is 2.62. The molecule has 70 valence electrons. The Hall–Kier alpha value is -1.23. The van der Waals surface area contributed by atoms with Gasteiger partial charge in [-0.2, -0.15) is 0 Å². The summed E-state index contributed by atoms with van der Waals surface area (Å²) in [7, 11) is 0. The molecule has 2 rings (SSSR count). The zero-order chi connectivity index (χ0) is 9.97. The van der Waals surface area contributed by atoms with E-state index in [0.717, 1.165) is 14.6 Å². The van der Waals surface area contributed by atoms with Crippen LogP contribution in [0.3, 0.4) is 0 Å². The average Bonchev–Trinajstić information content (AvgIpc) is 2.60. The van der Waals surface area contributed by atoms with Crippen LogP contribution in [0, 0.1) is 0 Å². The molecule has 0 spiro atoms. The number of aromatic nitrogens is 1. The minimum Gasteiger partial charge on any atom is -0.230 e. The molecule has 6 heteroatoms. The van der Waals surface area contributed by atoms with E-state index in [2.05, 4.69) is 15.0 Å². The van der Waals surface area contributed by atoms with Gasteiger partial charge in [-0.05, 0) is 23.9 Å². The van der Waals surface area contributed by atoms with E-state index in [0.29, 0.717) is 5.69 Å². The number of benzene rings is 1. The average molecular weight is 222 g/mol. The van der Waals surface area contributed by atoms with Crippen LogP contribution < -0.4 is 0 Å². The van der Waals surface area contributed by atoms with Crippen molar-refractivity contribution in [2.75, 3.05) is 6.26 Å². The molecule has 0 aliphatic heterocycles. The molecule has 0 saturated carbocycles. The van der Waals surface area contributed by atoms with Gasteiger partial charge in [-0.25, -0.2) is 4.98 Å². The largest absolute Gasteiger partial charge is 0.230 e. The monoisotopic (exact) mass is 222 g/mol. The number of thioether (sulfide) groups is 1. The minimum absolute atomic E-state index is 0.635. The summed E-state index contributed by atoms with van der Waals surface area (Å²) in [4.78, 5) is 7.12. The van der Waals surface area contributed by atoms with E-state index in [9.17, 15) is 0 Å². The van der Waals surface area contributed by atoms with Gasteiger partial charge >= 0.3 is 0 Å². The molecule has 0 aliphatic carbocycles. The number of fused-ring (bicyclic) bond motifs is 1. The van der Waals surface area contributed by atoms with Crippen LogP contribution >= 0.6 is 23.1 Å². The summed E-state index contributed by atoms with van der Waals surface area (Å²) >= 11 is 3.22. The molecular weight excluding hydrogens is 216 g/mol. The van der Waals surface area contributed by atoms with Crippen molar-refractivity contribution in [3.8, 4) is 0 Å². The summed E-state index contributed by atoms with van der Waals surface area (Å²) in [5.41, 5.74) is 9.88. The Labute approximate surface area is 88.6 Å². The molecule has 4 nitrogen and oxygen atoms in total. The van der Waals surface area contributed by atoms with E-state index in [-0.39, 0.29) is 0 Å². The first-order chi connectivity index (χ1) is 6.83. The molecule has 0 fully saturated rings. The Kier molecular flexibility index (Phi) is 2.58. The van der Waals surface area contributed by atoms with Crippen LogP contribution in [0.5, 0.6) is 0 Å². The minimum atomic E-state index is 0.635. The quantitative estimate of drug-likeness (QED) is 0.334. The zero-order valence-corrected chi connectivity index (χ0v) is 8.97. The van der Waals surface area contributed by atoms with E-state index in [1.807, 2.05) is 18.4 Å².